The molecule has 0 radical (unpaired) electrons. The fourth-order valence-electron chi connectivity index (χ4n) is 4.12. The highest BCUT2D eigenvalue weighted by Gasteiger charge is 2.23. The number of oxime groups is 1. The van der Waals surface area contributed by atoms with E-state index in [9.17, 15) is 19.8 Å². The average molecular weight is 471 g/mol. The van der Waals surface area contributed by atoms with Crippen molar-refractivity contribution in [1.29, 1.82) is 0 Å². The lowest BCUT2D eigenvalue weighted by atomic mass is 9.98. The second-order valence-corrected chi connectivity index (χ2v) is 8.93. The summed E-state index contributed by atoms with van der Waals surface area (Å²) in [6, 6.07) is 2.52. The van der Waals surface area contributed by atoms with Crippen LogP contribution in [0.1, 0.15) is 68.3 Å². The van der Waals surface area contributed by atoms with Crippen molar-refractivity contribution in [3.05, 3.63) is 47.1 Å². The largest absolute Gasteiger partial charge is 0.508 e. The summed E-state index contributed by atoms with van der Waals surface area (Å²) in [7, 11) is 0. The predicted octanol–water partition coefficient (Wildman–Crippen LogP) is 4.26. The van der Waals surface area contributed by atoms with Crippen molar-refractivity contribution in [3.8, 4) is 11.5 Å². The van der Waals surface area contributed by atoms with Crippen molar-refractivity contribution in [2.75, 3.05) is 19.7 Å². The van der Waals surface area contributed by atoms with E-state index in [-0.39, 0.29) is 42.1 Å². The summed E-state index contributed by atoms with van der Waals surface area (Å²) in [5.41, 5.74) is 1.86. The van der Waals surface area contributed by atoms with Gasteiger partial charge in [0, 0.05) is 32.0 Å². The minimum atomic E-state index is -0.674. The molecular formula is C26H34N2O6. The molecule has 0 aliphatic carbocycles. The van der Waals surface area contributed by atoms with Gasteiger partial charge in [-0.25, -0.2) is 4.79 Å². The monoisotopic (exact) mass is 470 g/mol. The van der Waals surface area contributed by atoms with Crippen LogP contribution in [0, 0.1) is 0 Å². The Hall–Kier alpha value is -3.29. The summed E-state index contributed by atoms with van der Waals surface area (Å²) in [5, 5.41) is 24.7. The third-order valence-corrected chi connectivity index (χ3v) is 5.90. The van der Waals surface area contributed by atoms with Crippen molar-refractivity contribution < 1.29 is 29.4 Å². The number of amides is 1. The molecule has 0 aromatic heterocycles. The molecule has 0 spiro atoms. The molecule has 0 bridgehead atoms. The van der Waals surface area contributed by atoms with Crippen LogP contribution in [0.5, 0.6) is 11.5 Å². The Labute approximate surface area is 200 Å². The van der Waals surface area contributed by atoms with Gasteiger partial charge in [-0.1, -0.05) is 22.9 Å². The van der Waals surface area contributed by atoms with Gasteiger partial charge in [0.25, 0.3) is 5.91 Å². The lowest BCUT2D eigenvalue weighted by Crippen LogP contribution is -2.37. The highest BCUT2D eigenvalue weighted by atomic mass is 16.6. The first kappa shape index (κ1) is 25.3. The van der Waals surface area contributed by atoms with Crippen LogP contribution in [0.4, 0.5) is 0 Å². The minimum absolute atomic E-state index is 0.0196. The van der Waals surface area contributed by atoms with Crippen molar-refractivity contribution in [3.63, 3.8) is 0 Å². The number of allylic oxidation sites excluding steroid dienone is 3. The molecule has 0 unspecified atom stereocenters. The number of carbonyl (C=O) groups excluding carboxylic acids is 2. The molecule has 1 atom stereocenters. The number of benzene rings is 1. The maximum absolute atomic E-state index is 12.8. The third kappa shape index (κ3) is 7.37. The molecule has 1 saturated heterocycles. The molecule has 0 saturated carbocycles. The molecule has 2 aliphatic heterocycles. The number of esters is 1. The Bertz CT molecular complexity index is 976. The number of fused-ring (bicyclic) bond motifs is 1. The molecule has 8 nitrogen and oxygen atoms in total. The lowest BCUT2D eigenvalue weighted by molar-refractivity contribution is -0.137. The molecule has 2 aliphatic rings. The Kier molecular flexibility index (Phi) is 9.13. The summed E-state index contributed by atoms with van der Waals surface area (Å²) in [6.45, 7) is 5.06. The van der Waals surface area contributed by atoms with E-state index >= 15 is 0 Å². The summed E-state index contributed by atoms with van der Waals surface area (Å²) in [5.74, 6) is -1.32. The fraction of sp³-hybridized carbons (Fsp3) is 0.500. The molecule has 2 N–H and O–H groups in total. The molecule has 3 rings (SSSR count). The number of hydrogen-bond donors (Lipinski definition) is 2. The zero-order chi connectivity index (χ0) is 24.5. The molecule has 34 heavy (non-hydrogen) atoms. The van der Waals surface area contributed by atoms with Crippen LogP contribution in [-0.4, -0.2) is 58.5 Å². The van der Waals surface area contributed by atoms with Crippen molar-refractivity contribution >= 4 is 17.6 Å². The van der Waals surface area contributed by atoms with Crippen molar-refractivity contribution in [2.24, 2.45) is 5.16 Å². The van der Waals surface area contributed by atoms with Gasteiger partial charge in [0.1, 0.15) is 23.2 Å². The average Bonchev–Trinajstić information content (AvgIpc) is 2.78. The quantitative estimate of drug-likeness (QED) is 0.388. The van der Waals surface area contributed by atoms with Crippen LogP contribution in [-0.2, 0) is 20.8 Å². The summed E-state index contributed by atoms with van der Waals surface area (Å²) >= 11 is 0. The van der Waals surface area contributed by atoms with Gasteiger partial charge >= 0.3 is 5.97 Å². The molecule has 1 aromatic rings. The van der Waals surface area contributed by atoms with E-state index in [0.29, 0.717) is 17.7 Å². The lowest BCUT2D eigenvalue weighted by Gasteiger charge is -2.26. The number of likely N-dealkylation sites (tertiary alicyclic amines) is 1. The SMILES string of the molecule is C/C1=C\C(=NOCC(=O)N2CCCCC2)Cc2cc(O)cc(O)c2C(=O)O[C@H](C)C/C=C/CC1. The minimum Gasteiger partial charge on any atom is -0.508 e. The van der Waals surface area contributed by atoms with Crippen molar-refractivity contribution in [2.45, 2.75) is 64.9 Å². The molecule has 1 fully saturated rings. The zero-order valence-corrected chi connectivity index (χ0v) is 20.0. The van der Waals surface area contributed by atoms with Crippen LogP contribution in [0.3, 0.4) is 0 Å². The smallest absolute Gasteiger partial charge is 0.342 e. The van der Waals surface area contributed by atoms with Crippen LogP contribution in [0.2, 0.25) is 0 Å². The predicted molar refractivity (Wildman–Crippen MR) is 129 cm³/mol. The second-order valence-electron chi connectivity index (χ2n) is 8.93. The molecular weight excluding hydrogens is 436 g/mol. The highest BCUT2D eigenvalue weighted by Crippen LogP contribution is 2.29. The van der Waals surface area contributed by atoms with Crippen LogP contribution in [0.25, 0.3) is 0 Å². The number of hydrogen-bond acceptors (Lipinski definition) is 7. The van der Waals surface area contributed by atoms with E-state index < -0.39 is 5.97 Å². The first-order chi connectivity index (χ1) is 16.3. The van der Waals surface area contributed by atoms with Gasteiger partial charge in [0.05, 0.1) is 5.71 Å². The molecule has 184 valence electrons. The standard InChI is InChI=1S/C26H34N2O6/c1-18-9-5-3-6-10-19(2)34-26(32)25-20(15-22(29)16-23(25)30)14-21(13-18)27-33-17-24(31)28-11-7-4-8-12-28/h3,6,13,15-16,19,29-30H,4-5,7-12,14,17H2,1-2H3/b6-3+,18-13+,27-21?/t19-/m1/s1. The zero-order valence-electron chi connectivity index (χ0n) is 20.0. The third-order valence-electron chi connectivity index (χ3n) is 5.90. The first-order valence-corrected chi connectivity index (χ1v) is 11.9. The fourth-order valence-corrected chi connectivity index (χ4v) is 4.12. The summed E-state index contributed by atoms with van der Waals surface area (Å²) in [6.07, 6.45) is 10.9. The van der Waals surface area contributed by atoms with Gasteiger partial charge < -0.3 is 24.7 Å². The molecule has 1 aromatic carbocycles. The Balaban J connectivity index is 1.88. The first-order valence-electron chi connectivity index (χ1n) is 11.9. The summed E-state index contributed by atoms with van der Waals surface area (Å²) < 4.78 is 5.51. The molecule has 2 heterocycles. The molecule has 8 heteroatoms. The second kappa shape index (κ2) is 12.3. The normalized spacial score (nSPS) is 23.8. The molecule has 1 amide bonds. The Morgan fingerprint density at radius 1 is 1.21 bits per heavy atom. The number of ether oxygens (including phenoxy) is 1. The van der Waals surface area contributed by atoms with Gasteiger partial charge in [0.2, 0.25) is 0 Å². The van der Waals surface area contributed by atoms with E-state index in [2.05, 4.69) is 5.16 Å². The van der Waals surface area contributed by atoms with E-state index in [1.807, 2.05) is 25.2 Å². The number of aromatic hydroxyl groups is 2. The van der Waals surface area contributed by atoms with Gasteiger partial charge in [-0.3, -0.25) is 4.79 Å². The topological polar surface area (TPSA) is 109 Å². The number of rotatable bonds is 3. The van der Waals surface area contributed by atoms with Crippen LogP contribution >= 0.6 is 0 Å². The summed E-state index contributed by atoms with van der Waals surface area (Å²) in [4.78, 5) is 32.5. The van der Waals surface area contributed by atoms with Gasteiger partial charge in [0.15, 0.2) is 6.61 Å². The van der Waals surface area contributed by atoms with E-state index in [1.54, 1.807) is 11.8 Å². The maximum Gasteiger partial charge on any atom is 0.342 e. The maximum atomic E-state index is 12.8. The van der Waals surface area contributed by atoms with Crippen LogP contribution in [0.15, 0.2) is 41.1 Å². The van der Waals surface area contributed by atoms with Gasteiger partial charge in [-0.05, 0) is 63.7 Å². The number of phenols is 2. The van der Waals surface area contributed by atoms with Gasteiger partial charge in [-0.15, -0.1) is 0 Å². The van der Waals surface area contributed by atoms with Crippen LogP contribution < -0.4 is 0 Å². The number of carbonyl (C=O) groups is 2. The Morgan fingerprint density at radius 3 is 2.74 bits per heavy atom. The number of piperidine rings is 1. The van der Waals surface area contributed by atoms with E-state index in [1.165, 1.54) is 6.07 Å². The Morgan fingerprint density at radius 2 is 1.97 bits per heavy atom. The van der Waals surface area contributed by atoms with E-state index in [0.717, 1.165) is 56.8 Å². The number of cyclic esters (lactones) is 1. The van der Waals surface area contributed by atoms with E-state index in [4.69, 9.17) is 9.57 Å². The van der Waals surface area contributed by atoms with Gasteiger partial charge in [-0.2, -0.15) is 0 Å². The highest BCUT2D eigenvalue weighted by molar-refractivity contribution is 6.01. The number of phenolic OH excluding ortho intramolecular Hbond substituents is 2. The number of nitrogens with zero attached hydrogens (tertiary/aromatic N) is 2. The van der Waals surface area contributed by atoms with Crippen molar-refractivity contribution in [1.82, 2.24) is 4.90 Å².